The molecule has 0 aliphatic carbocycles. The van der Waals surface area contributed by atoms with Crippen LogP contribution in [-0.4, -0.2) is 40.3 Å². The largest absolute Gasteiger partial charge is 0.423 e. The maximum atomic E-state index is 12.3. The van der Waals surface area contributed by atoms with Crippen molar-refractivity contribution in [1.29, 1.82) is 0 Å². The number of hydrogen-bond donors (Lipinski definition) is 2. The monoisotopic (exact) mass is 421 g/mol. The number of hydrogen-bond acceptors (Lipinski definition) is 7. The number of anilines is 3. The molecule has 0 bridgehead atoms. The summed E-state index contributed by atoms with van der Waals surface area (Å²) >= 11 is 0. The van der Waals surface area contributed by atoms with Gasteiger partial charge in [-0.3, -0.25) is 19.8 Å². The van der Waals surface area contributed by atoms with Crippen LogP contribution in [0.2, 0.25) is 0 Å². The zero-order chi connectivity index (χ0) is 21.8. The number of aromatic nitrogens is 1. The molecular formula is C22H23N5O4. The fraction of sp³-hybridized carbons (Fsp3) is 0.273. The van der Waals surface area contributed by atoms with Crippen LogP contribution >= 0.6 is 0 Å². The summed E-state index contributed by atoms with van der Waals surface area (Å²) < 4.78 is 5.73. The highest BCUT2D eigenvalue weighted by molar-refractivity contribution is 5.93. The van der Waals surface area contributed by atoms with E-state index >= 15 is 0 Å². The average Bonchev–Trinajstić information content (AvgIpc) is 3.43. The standard InChI is InChI=1S/C22H23N5O4/c1-15-7-8-17(24-21(28)14-26-9-2-3-10-26)12-19(15)25-22-23-13-20(31-22)16-5-4-6-18(11-16)27(29)30/h4-8,11-13H,2-3,9-10,14H2,1H3,(H,23,25)(H,24,28). The number of nitrogens with zero attached hydrogens (tertiary/aromatic N) is 3. The van der Waals surface area contributed by atoms with Gasteiger partial charge >= 0.3 is 0 Å². The van der Waals surface area contributed by atoms with Crippen LogP contribution in [0.15, 0.2) is 53.1 Å². The van der Waals surface area contributed by atoms with Crippen LogP contribution in [0.1, 0.15) is 18.4 Å². The first-order valence-electron chi connectivity index (χ1n) is 10.1. The molecule has 31 heavy (non-hydrogen) atoms. The summed E-state index contributed by atoms with van der Waals surface area (Å²) in [7, 11) is 0. The molecule has 160 valence electrons. The minimum atomic E-state index is -0.452. The molecule has 0 atom stereocenters. The minimum absolute atomic E-state index is 0.0170. The third-order valence-electron chi connectivity index (χ3n) is 5.18. The highest BCUT2D eigenvalue weighted by Gasteiger charge is 2.16. The number of nitro benzene ring substituents is 1. The number of aryl methyl sites for hydroxylation is 1. The van der Waals surface area contributed by atoms with Gasteiger partial charge in [0.05, 0.1) is 17.7 Å². The molecule has 2 heterocycles. The molecule has 1 saturated heterocycles. The Morgan fingerprint density at radius 3 is 2.81 bits per heavy atom. The molecule has 1 aromatic heterocycles. The predicted octanol–water partition coefficient (Wildman–Crippen LogP) is 4.34. The molecule has 1 fully saturated rings. The van der Waals surface area contributed by atoms with Gasteiger partial charge in [0.15, 0.2) is 5.76 Å². The van der Waals surface area contributed by atoms with Gasteiger partial charge in [-0.2, -0.15) is 0 Å². The molecule has 0 radical (unpaired) electrons. The van der Waals surface area contributed by atoms with Crippen molar-refractivity contribution in [3.05, 3.63) is 64.3 Å². The van der Waals surface area contributed by atoms with Crippen molar-refractivity contribution in [2.24, 2.45) is 0 Å². The normalized spacial score (nSPS) is 13.8. The number of benzene rings is 2. The van der Waals surface area contributed by atoms with Gasteiger partial charge in [-0.15, -0.1) is 0 Å². The quantitative estimate of drug-likeness (QED) is 0.431. The summed E-state index contributed by atoms with van der Waals surface area (Å²) in [4.78, 5) is 29.2. The number of carbonyl (C=O) groups is 1. The van der Waals surface area contributed by atoms with E-state index in [-0.39, 0.29) is 17.6 Å². The number of rotatable bonds is 7. The smallest absolute Gasteiger partial charge is 0.299 e. The van der Waals surface area contributed by atoms with E-state index in [2.05, 4.69) is 20.5 Å². The molecule has 1 aliphatic rings. The van der Waals surface area contributed by atoms with Crippen LogP contribution in [0.25, 0.3) is 11.3 Å². The fourth-order valence-electron chi connectivity index (χ4n) is 3.53. The third kappa shape index (κ3) is 5.07. The molecule has 1 aliphatic heterocycles. The van der Waals surface area contributed by atoms with Crippen LogP contribution in [-0.2, 0) is 4.79 Å². The maximum absolute atomic E-state index is 12.3. The minimum Gasteiger partial charge on any atom is -0.423 e. The summed E-state index contributed by atoms with van der Waals surface area (Å²) in [5.74, 6) is 0.375. The van der Waals surface area contributed by atoms with Gasteiger partial charge in [0.1, 0.15) is 0 Å². The second-order valence-corrected chi connectivity index (χ2v) is 7.52. The molecule has 0 unspecified atom stereocenters. The molecule has 4 rings (SSSR count). The van der Waals surface area contributed by atoms with Gasteiger partial charge in [0.2, 0.25) is 5.91 Å². The van der Waals surface area contributed by atoms with Crippen LogP contribution < -0.4 is 10.6 Å². The number of non-ortho nitro benzene ring substituents is 1. The Hall–Kier alpha value is -3.72. The topological polar surface area (TPSA) is 114 Å². The molecule has 0 spiro atoms. The van der Waals surface area contributed by atoms with Crippen LogP contribution in [0.3, 0.4) is 0 Å². The van der Waals surface area contributed by atoms with Crippen LogP contribution in [0.4, 0.5) is 23.1 Å². The molecule has 1 amide bonds. The second-order valence-electron chi connectivity index (χ2n) is 7.52. The zero-order valence-corrected chi connectivity index (χ0v) is 17.1. The first-order chi connectivity index (χ1) is 15.0. The Morgan fingerprint density at radius 1 is 1.23 bits per heavy atom. The molecule has 0 saturated carbocycles. The summed E-state index contributed by atoms with van der Waals surface area (Å²) in [6.45, 7) is 4.25. The van der Waals surface area contributed by atoms with Crippen LogP contribution in [0, 0.1) is 17.0 Å². The Labute approximate surface area is 179 Å². The molecule has 2 aromatic carbocycles. The lowest BCUT2D eigenvalue weighted by atomic mass is 10.2. The summed E-state index contributed by atoms with van der Waals surface area (Å²) in [5, 5.41) is 17.0. The lowest BCUT2D eigenvalue weighted by Gasteiger charge is -2.15. The molecule has 9 nitrogen and oxygen atoms in total. The average molecular weight is 421 g/mol. The molecule has 3 aromatic rings. The van der Waals surface area contributed by atoms with E-state index in [9.17, 15) is 14.9 Å². The Morgan fingerprint density at radius 2 is 2.03 bits per heavy atom. The first-order valence-corrected chi connectivity index (χ1v) is 10.1. The summed E-state index contributed by atoms with van der Waals surface area (Å²) in [6.07, 6.45) is 3.79. The van der Waals surface area contributed by atoms with Crippen molar-refractivity contribution in [3.63, 3.8) is 0 Å². The first kappa shape index (κ1) is 20.5. The number of amides is 1. The summed E-state index contributed by atoms with van der Waals surface area (Å²) in [6, 6.07) is 12.0. The van der Waals surface area contributed by atoms with Gasteiger partial charge in [-0.25, -0.2) is 4.98 Å². The van der Waals surface area contributed by atoms with E-state index in [1.54, 1.807) is 12.1 Å². The predicted molar refractivity (Wildman–Crippen MR) is 117 cm³/mol. The Bertz CT molecular complexity index is 1100. The van der Waals surface area contributed by atoms with Crippen molar-refractivity contribution >= 4 is 29.0 Å². The van der Waals surface area contributed by atoms with Gasteiger partial charge in [0, 0.05) is 29.1 Å². The Balaban J connectivity index is 1.45. The number of nitro groups is 1. The van der Waals surface area contributed by atoms with Crippen LogP contribution in [0.5, 0.6) is 0 Å². The summed E-state index contributed by atoms with van der Waals surface area (Å²) in [5.41, 5.74) is 2.92. The lowest BCUT2D eigenvalue weighted by molar-refractivity contribution is -0.384. The van der Waals surface area contributed by atoms with Crippen molar-refractivity contribution in [1.82, 2.24) is 9.88 Å². The number of nitrogens with one attached hydrogen (secondary N) is 2. The molecule has 2 N–H and O–H groups in total. The van der Waals surface area contributed by atoms with Crippen molar-refractivity contribution in [3.8, 4) is 11.3 Å². The highest BCUT2D eigenvalue weighted by Crippen LogP contribution is 2.29. The number of oxazole rings is 1. The van der Waals surface area contributed by atoms with Gasteiger partial charge < -0.3 is 15.1 Å². The van der Waals surface area contributed by atoms with Crippen molar-refractivity contribution in [2.75, 3.05) is 30.3 Å². The van der Waals surface area contributed by atoms with E-state index in [1.165, 1.54) is 18.3 Å². The molecule has 9 heteroatoms. The highest BCUT2D eigenvalue weighted by atomic mass is 16.6. The molecular weight excluding hydrogens is 398 g/mol. The van der Waals surface area contributed by atoms with Crippen molar-refractivity contribution in [2.45, 2.75) is 19.8 Å². The van der Waals surface area contributed by atoms with Gasteiger partial charge in [-0.1, -0.05) is 18.2 Å². The van der Waals surface area contributed by atoms with Gasteiger partial charge in [0.25, 0.3) is 11.7 Å². The second kappa shape index (κ2) is 8.97. The van der Waals surface area contributed by atoms with E-state index in [0.717, 1.165) is 37.2 Å². The Kier molecular flexibility index (Phi) is 5.94. The third-order valence-corrected chi connectivity index (χ3v) is 5.18. The van der Waals surface area contributed by atoms with E-state index < -0.39 is 4.92 Å². The van der Waals surface area contributed by atoms with E-state index in [0.29, 0.717) is 23.6 Å². The number of carbonyl (C=O) groups excluding carboxylic acids is 1. The maximum Gasteiger partial charge on any atom is 0.299 e. The van der Waals surface area contributed by atoms with Gasteiger partial charge in [-0.05, 0) is 50.6 Å². The van der Waals surface area contributed by atoms with E-state index in [4.69, 9.17) is 4.42 Å². The van der Waals surface area contributed by atoms with Crippen molar-refractivity contribution < 1.29 is 14.1 Å². The van der Waals surface area contributed by atoms with E-state index in [1.807, 2.05) is 25.1 Å². The zero-order valence-electron chi connectivity index (χ0n) is 17.1. The fourth-order valence-corrected chi connectivity index (χ4v) is 3.53. The number of likely N-dealkylation sites (tertiary alicyclic amines) is 1. The lowest BCUT2D eigenvalue weighted by Crippen LogP contribution is -2.30. The SMILES string of the molecule is Cc1ccc(NC(=O)CN2CCCC2)cc1Nc1ncc(-c2cccc([N+](=O)[O-])c2)o1.